The maximum Gasteiger partial charge on any atom is 0.270 e. The topological polar surface area (TPSA) is 83.8 Å². The molecule has 7 nitrogen and oxygen atoms in total. The van der Waals surface area contributed by atoms with Crippen LogP contribution < -0.4 is 4.90 Å². The minimum Gasteiger partial charge on any atom is -0.353 e. The molecule has 0 saturated heterocycles. The quantitative estimate of drug-likeness (QED) is 0.482. The number of amides is 2. The van der Waals surface area contributed by atoms with Crippen molar-refractivity contribution in [2.45, 2.75) is 19.8 Å². The number of imide groups is 1. The number of nitro groups is 1. The van der Waals surface area contributed by atoms with Crippen LogP contribution in [0.2, 0.25) is 0 Å². The predicted molar refractivity (Wildman–Crippen MR) is 95.3 cm³/mol. The molecule has 2 aromatic carbocycles. The average Bonchev–Trinajstić information content (AvgIpc) is 2.86. The summed E-state index contributed by atoms with van der Waals surface area (Å²) in [5, 5.41) is 10.9. The number of nitro benzene ring substituents is 1. The van der Waals surface area contributed by atoms with Gasteiger partial charge in [0, 0.05) is 24.4 Å². The van der Waals surface area contributed by atoms with Gasteiger partial charge in [-0.1, -0.05) is 17.7 Å². The summed E-state index contributed by atoms with van der Waals surface area (Å²) >= 11 is 0. The van der Waals surface area contributed by atoms with Crippen LogP contribution >= 0.6 is 0 Å². The number of hydrogen-bond acceptors (Lipinski definition) is 5. The zero-order valence-electron chi connectivity index (χ0n) is 14.3. The zero-order valence-corrected chi connectivity index (χ0v) is 14.3. The molecule has 0 atom stereocenters. The molecule has 0 aliphatic carbocycles. The van der Waals surface area contributed by atoms with Crippen molar-refractivity contribution in [2.24, 2.45) is 0 Å². The van der Waals surface area contributed by atoms with Gasteiger partial charge < -0.3 is 4.90 Å². The maximum absolute atomic E-state index is 12.7. The molecule has 26 heavy (non-hydrogen) atoms. The molecule has 0 aromatic heterocycles. The zero-order chi connectivity index (χ0) is 18.4. The normalized spacial score (nSPS) is 15.9. The number of hydrogen-bond donors (Lipinski definition) is 0. The lowest BCUT2D eigenvalue weighted by atomic mass is 10.00. The van der Waals surface area contributed by atoms with Crippen LogP contribution in [-0.2, 0) is 6.42 Å². The Balaban J connectivity index is 1.63. The van der Waals surface area contributed by atoms with Gasteiger partial charge in [-0.15, -0.1) is 0 Å². The fraction of sp³-hybridized carbons (Fsp3) is 0.263. The summed E-state index contributed by atoms with van der Waals surface area (Å²) in [6.45, 7) is 2.94. The molecule has 0 unspecified atom stereocenters. The molecule has 0 N–H and O–H groups in total. The highest BCUT2D eigenvalue weighted by atomic mass is 16.6. The second-order valence-corrected chi connectivity index (χ2v) is 6.67. The molecular formula is C19H17N3O4. The Hall–Kier alpha value is -3.22. The van der Waals surface area contributed by atoms with Crippen LogP contribution in [-0.4, -0.2) is 34.9 Å². The minimum atomic E-state index is -0.566. The first-order valence-corrected chi connectivity index (χ1v) is 8.45. The Morgan fingerprint density at radius 3 is 2.62 bits per heavy atom. The van der Waals surface area contributed by atoms with Crippen molar-refractivity contribution in [3.8, 4) is 0 Å². The SMILES string of the molecule is Cc1ccc2c(c1)CCCN2CN1C(=O)c2ccc([N+](=O)[O-])cc2C1=O. The van der Waals surface area contributed by atoms with Crippen LogP contribution in [0.4, 0.5) is 11.4 Å². The summed E-state index contributed by atoms with van der Waals surface area (Å²) in [4.78, 5) is 38.9. The summed E-state index contributed by atoms with van der Waals surface area (Å²) in [5.41, 5.74) is 3.56. The highest BCUT2D eigenvalue weighted by molar-refractivity contribution is 6.21. The van der Waals surface area contributed by atoms with E-state index in [-0.39, 0.29) is 23.5 Å². The second kappa shape index (κ2) is 5.94. The molecule has 2 heterocycles. The van der Waals surface area contributed by atoms with Crippen molar-refractivity contribution in [3.63, 3.8) is 0 Å². The van der Waals surface area contributed by atoms with Crippen molar-refractivity contribution in [3.05, 3.63) is 68.8 Å². The monoisotopic (exact) mass is 351 g/mol. The third-order valence-corrected chi connectivity index (χ3v) is 4.93. The molecule has 0 saturated carbocycles. The lowest BCUT2D eigenvalue weighted by Crippen LogP contribution is -2.43. The molecular weight excluding hydrogens is 334 g/mol. The van der Waals surface area contributed by atoms with E-state index in [1.807, 2.05) is 24.0 Å². The first-order chi connectivity index (χ1) is 12.5. The van der Waals surface area contributed by atoms with E-state index in [4.69, 9.17) is 0 Å². The molecule has 2 aromatic rings. The van der Waals surface area contributed by atoms with Crippen LogP contribution in [0.15, 0.2) is 36.4 Å². The molecule has 4 rings (SSSR count). The molecule has 7 heteroatoms. The van der Waals surface area contributed by atoms with E-state index < -0.39 is 16.7 Å². The Morgan fingerprint density at radius 2 is 1.85 bits per heavy atom. The van der Waals surface area contributed by atoms with E-state index in [1.165, 1.54) is 34.2 Å². The van der Waals surface area contributed by atoms with Gasteiger partial charge in [-0.05, 0) is 37.5 Å². The van der Waals surface area contributed by atoms with Crippen molar-refractivity contribution >= 4 is 23.2 Å². The number of benzene rings is 2. The molecule has 2 aliphatic rings. The van der Waals surface area contributed by atoms with Crippen molar-refractivity contribution in [2.75, 3.05) is 18.1 Å². The molecule has 2 amide bonds. The number of non-ortho nitro benzene ring substituents is 1. The van der Waals surface area contributed by atoms with Gasteiger partial charge in [-0.25, -0.2) is 0 Å². The maximum atomic E-state index is 12.7. The van der Waals surface area contributed by atoms with Gasteiger partial charge in [-0.3, -0.25) is 24.6 Å². The van der Waals surface area contributed by atoms with E-state index in [2.05, 4.69) is 6.07 Å². The van der Waals surface area contributed by atoms with Crippen molar-refractivity contribution < 1.29 is 14.5 Å². The molecule has 0 fully saturated rings. The van der Waals surface area contributed by atoms with Crippen LogP contribution in [0.1, 0.15) is 38.3 Å². The van der Waals surface area contributed by atoms with Gasteiger partial charge in [0.1, 0.15) is 6.67 Å². The number of fused-ring (bicyclic) bond motifs is 2. The Labute approximate surface area is 150 Å². The first kappa shape index (κ1) is 16.3. The third kappa shape index (κ3) is 2.52. The Morgan fingerprint density at radius 1 is 1.08 bits per heavy atom. The third-order valence-electron chi connectivity index (χ3n) is 4.93. The molecule has 0 spiro atoms. The largest absolute Gasteiger partial charge is 0.353 e. The van der Waals surface area contributed by atoms with Gasteiger partial charge in [0.2, 0.25) is 0 Å². The summed E-state index contributed by atoms with van der Waals surface area (Å²) in [6, 6.07) is 9.97. The van der Waals surface area contributed by atoms with E-state index in [1.54, 1.807) is 0 Å². The standard InChI is InChI=1S/C19H17N3O4/c1-12-4-7-17-13(9-12)3-2-8-20(17)11-21-18(23)15-6-5-14(22(25)26)10-16(15)19(21)24/h4-7,9-10H,2-3,8,11H2,1H3. The Bertz CT molecular complexity index is 954. The van der Waals surface area contributed by atoms with Gasteiger partial charge >= 0.3 is 0 Å². The van der Waals surface area contributed by atoms with Gasteiger partial charge in [0.05, 0.1) is 16.1 Å². The molecule has 0 bridgehead atoms. The lowest BCUT2D eigenvalue weighted by molar-refractivity contribution is -0.384. The fourth-order valence-corrected chi connectivity index (χ4v) is 3.64. The summed E-state index contributed by atoms with van der Waals surface area (Å²) in [5.74, 6) is -0.882. The van der Waals surface area contributed by atoms with E-state index in [9.17, 15) is 19.7 Å². The summed E-state index contributed by atoms with van der Waals surface area (Å²) < 4.78 is 0. The van der Waals surface area contributed by atoms with Gasteiger partial charge in [-0.2, -0.15) is 0 Å². The number of carbonyl (C=O) groups excluding carboxylic acids is 2. The van der Waals surface area contributed by atoms with Crippen molar-refractivity contribution in [1.29, 1.82) is 0 Å². The van der Waals surface area contributed by atoms with Gasteiger partial charge in [0.25, 0.3) is 17.5 Å². The number of anilines is 1. The van der Waals surface area contributed by atoms with Gasteiger partial charge in [0.15, 0.2) is 0 Å². The summed E-state index contributed by atoms with van der Waals surface area (Å²) in [7, 11) is 0. The number of carbonyl (C=O) groups is 2. The van der Waals surface area contributed by atoms with E-state index in [0.717, 1.165) is 25.1 Å². The second-order valence-electron chi connectivity index (χ2n) is 6.67. The molecule has 0 radical (unpaired) electrons. The van der Waals surface area contributed by atoms with Crippen LogP contribution in [0.25, 0.3) is 0 Å². The first-order valence-electron chi connectivity index (χ1n) is 8.45. The Kier molecular flexibility index (Phi) is 3.72. The highest BCUT2D eigenvalue weighted by Crippen LogP contribution is 2.31. The number of nitrogens with zero attached hydrogens (tertiary/aromatic N) is 3. The average molecular weight is 351 g/mol. The lowest BCUT2D eigenvalue weighted by Gasteiger charge is -2.33. The smallest absolute Gasteiger partial charge is 0.270 e. The van der Waals surface area contributed by atoms with Crippen LogP contribution in [0.5, 0.6) is 0 Å². The highest BCUT2D eigenvalue weighted by Gasteiger charge is 2.38. The summed E-state index contributed by atoms with van der Waals surface area (Å²) in [6.07, 6.45) is 1.92. The predicted octanol–water partition coefficient (Wildman–Crippen LogP) is 2.91. The molecule has 2 aliphatic heterocycles. The van der Waals surface area contributed by atoms with E-state index >= 15 is 0 Å². The van der Waals surface area contributed by atoms with E-state index in [0.29, 0.717) is 0 Å². The number of aryl methyl sites for hydroxylation is 2. The fourth-order valence-electron chi connectivity index (χ4n) is 3.64. The van der Waals surface area contributed by atoms with Crippen molar-refractivity contribution in [1.82, 2.24) is 4.90 Å². The van der Waals surface area contributed by atoms with Crippen LogP contribution in [0, 0.1) is 17.0 Å². The van der Waals surface area contributed by atoms with Crippen LogP contribution in [0.3, 0.4) is 0 Å². The number of rotatable bonds is 3. The minimum absolute atomic E-state index is 0.102. The molecule has 132 valence electrons.